The van der Waals surface area contributed by atoms with Crippen LogP contribution in [-0.2, 0) is 15.9 Å². The summed E-state index contributed by atoms with van der Waals surface area (Å²) in [5.41, 5.74) is -1.48. The highest BCUT2D eigenvalue weighted by atomic mass is 35.5. The van der Waals surface area contributed by atoms with Gasteiger partial charge in [-0.05, 0) is 30.7 Å². The molecule has 0 spiro atoms. The third-order valence-electron chi connectivity index (χ3n) is 5.09. The average molecular weight is 511 g/mol. The summed E-state index contributed by atoms with van der Waals surface area (Å²) in [5, 5.41) is 1.66. The van der Waals surface area contributed by atoms with Gasteiger partial charge in [0.25, 0.3) is 5.91 Å². The highest BCUT2D eigenvalue weighted by Crippen LogP contribution is 2.40. The molecular formula is C20H20ClF5N4O2S. The highest BCUT2D eigenvalue weighted by Gasteiger charge is 2.37. The third-order valence-corrected chi connectivity index (χ3v) is 6.42. The van der Waals surface area contributed by atoms with Crippen molar-refractivity contribution in [2.45, 2.75) is 36.4 Å². The molecule has 0 radical (unpaired) electrons. The van der Waals surface area contributed by atoms with E-state index in [0.29, 0.717) is 6.07 Å². The Labute approximate surface area is 192 Å². The molecule has 1 amide bonds. The van der Waals surface area contributed by atoms with Gasteiger partial charge in [0, 0.05) is 44.1 Å². The molecule has 0 unspecified atom stereocenters. The first-order valence-electron chi connectivity index (χ1n) is 9.72. The lowest BCUT2D eigenvalue weighted by Crippen LogP contribution is -2.29. The summed E-state index contributed by atoms with van der Waals surface area (Å²) < 4.78 is 87.5. The van der Waals surface area contributed by atoms with Crippen LogP contribution in [0.2, 0.25) is 5.02 Å². The molecule has 0 bridgehead atoms. The van der Waals surface area contributed by atoms with Crippen molar-refractivity contribution in [3.63, 3.8) is 0 Å². The molecule has 180 valence electrons. The normalized spacial score (nSPS) is 18.3. The summed E-state index contributed by atoms with van der Waals surface area (Å²) in [6.45, 7) is -0.215. The van der Waals surface area contributed by atoms with Crippen LogP contribution < -0.4 is 10.2 Å². The molecule has 3 rings (SSSR count). The number of carbonyl (C=O) groups excluding carboxylic acids is 1. The summed E-state index contributed by atoms with van der Waals surface area (Å²) >= 11 is 5.82. The Balaban J connectivity index is 2.03. The molecule has 6 nitrogen and oxygen atoms in total. The number of anilines is 2. The van der Waals surface area contributed by atoms with Crippen LogP contribution >= 0.6 is 11.6 Å². The number of aromatic nitrogens is 1. The molecule has 13 heteroatoms. The fourth-order valence-electron chi connectivity index (χ4n) is 3.43. The molecule has 33 heavy (non-hydrogen) atoms. The summed E-state index contributed by atoms with van der Waals surface area (Å²) in [4.78, 5) is 18.1. The van der Waals surface area contributed by atoms with Gasteiger partial charge in [-0.1, -0.05) is 11.6 Å². The number of pyridine rings is 1. The van der Waals surface area contributed by atoms with Crippen LogP contribution in [0.4, 0.5) is 33.3 Å². The zero-order valence-corrected chi connectivity index (χ0v) is 18.9. The van der Waals surface area contributed by atoms with E-state index in [-0.39, 0.29) is 41.5 Å². The maximum atomic E-state index is 13.8. The van der Waals surface area contributed by atoms with E-state index in [0.717, 1.165) is 12.3 Å². The number of halogens is 6. The zero-order valence-electron chi connectivity index (χ0n) is 17.3. The van der Waals surface area contributed by atoms with Gasteiger partial charge >= 0.3 is 6.18 Å². The highest BCUT2D eigenvalue weighted by molar-refractivity contribution is 7.91. The number of rotatable bonds is 4. The molecule has 1 aromatic carbocycles. The van der Waals surface area contributed by atoms with Crippen molar-refractivity contribution in [1.29, 1.82) is 4.78 Å². The van der Waals surface area contributed by atoms with Crippen molar-refractivity contribution in [3.05, 3.63) is 46.6 Å². The van der Waals surface area contributed by atoms with Gasteiger partial charge in [0.1, 0.15) is 5.03 Å². The van der Waals surface area contributed by atoms with Crippen molar-refractivity contribution in [2.75, 3.05) is 29.6 Å². The lowest BCUT2D eigenvalue weighted by atomic mass is 10.1. The Morgan fingerprint density at radius 2 is 1.94 bits per heavy atom. The number of alkyl halides is 5. The van der Waals surface area contributed by atoms with E-state index in [9.17, 15) is 31.0 Å². The summed E-state index contributed by atoms with van der Waals surface area (Å²) in [7, 11) is -3.18. The Kier molecular flexibility index (Phi) is 6.90. The maximum Gasteiger partial charge on any atom is 0.417 e. The standard InChI is InChI=1S/C20H20ClF5N4O2S/c1-33(27,32)17-9-12(3-6-28-17)29-18(31)13-10-15(21)14(20(24,25)26)11-16(13)30-7-2-4-19(22,23)5-8-30/h3,6,9-11,27H,2,4-5,7-8H2,1H3,(H,28,29,31)/t33-/m0/s1. The fraction of sp³-hybridized carbons (Fsp3) is 0.400. The summed E-state index contributed by atoms with van der Waals surface area (Å²) in [6, 6.07) is 4.12. The maximum absolute atomic E-state index is 13.8. The lowest BCUT2D eigenvalue weighted by Gasteiger charge is -2.27. The van der Waals surface area contributed by atoms with Crippen LogP contribution in [0.5, 0.6) is 0 Å². The monoisotopic (exact) mass is 510 g/mol. The number of benzene rings is 1. The topological polar surface area (TPSA) is 86.2 Å². The van der Waals surface area contributed by atoms with Gasteiger partial charge in [-0.15, -0.1) is 0 Å². The van der Waals surface area contributed by atoms with Crippen molar-refractivity contribution in [3.8, 4) is 0 Å². The van der Waals surface area contributed by atoms with Gasteiger partial charge in [-0.3, -0.25) is 4.79 Å². The van der Waals surface area contributed by atoms with Gasteiger partial charge in [0.05, 0.1) is 31.6 Å². The first-order chi connectivity index (χ1) is 15.2. The van der Waals surface area contributed by atoms with Crippen molar-refractivity contribution >= 4 is 38.6 Å². The first-order valence-corrected chi connectivity index (χ1v) is 12.1. The van der Waals surface area contributed by atoms with E-state index >= 15 is 0 Å². The first kappa shape index (κ1) is 25.2. The quantitative estimate of drug-likeness (QED) is 0.519. The number of hydrogen-bond donors (Lipinski definition) is 2. The van der Waals surface area contributed by atoms with Crippen LogP contribution in [0.1, 0.15) is 35.2 Å². The SMILES string of the molecule is C[S@](=N)(=O)c1cc(NC(=O)c2cc(Cl)c(C(F)(F)F)cc2N2CCCC(F)(F)CC2)ccn1. The van der Waals surface area contributed by atoms with Crippen LogP contribution in [0.15, 0.2) is 35.5 Å². The number of hydrogen-bond acceptors (Lipinski definition) is 5. The zero-order chi connectivity index (χ0) is 24.6. The number of nitrogens with zero attached hydrogens (tertiary/aromatic N) is 2. The molecule has 1 aliphatic rings. The summed E-state index contributed by atoms with van der Waals surface area (Å²) in [5.74, 6) is -3.80. The van der Waals surface area contributed by atoms with Gasteiger partial charge in [-0.25, -0.2) is 22.8 Å². The Hall–Kier alpha value is -2.47. The Morgan fingerprint density at radius 3 is 2.58 bits per heavy atom. The minimum atomic E-state index is -4.81. The second-order valence-electron chi connectivity index (χ2n) is 7.72. The summed E-state index contributed by atoms with van der Waals surface area (Å²) in [6.07, 6.45) is -3.40. The van der Waals surface area contributed by atoms with Crippen molar-refractivity contribution < 1.29 is 31.0 Å². The van der Waals surface area contributed by atoms with Gasteiger partial charge in [0.2, 0.25) is 5.92 Å². The van der Waals surface area contributed by atoms with Gasteiger partial charge in [0.15, 0.2) is 0 Å². The second kappa shape index (κ2) is 9.05. The molecule has 2 aromatic rings. The molecule has 1 saturated heterocycles. The van der Waals surface area contributed by atoms with Gasteiger partial charge in [-0.2, -0.15) is 13.2 Å². The number of amides is 1. The van der Waals surface area contributed by atoms with E-state index < -0.39 is 51.2 Å². The average Bonchev–Trinajstić information content (AvgIpc) is 2.87. The largest absolute Gasteiger partial charge is 0.417 e. The second-order valence-corrected chi connectivity index (χ2v) is 10.2. The molecule has 2 heterocycles. The molecule has 0 aliphatic carbocycles. The molecule has 1 fully saturated rings. The lowest BCUT2D eigenvalue weighted by molar-refractivity contribution is -0.137. The van der Waals surface area contributed by atoms with E-state index in [1.54, 1.807) is 0 Å². The van der Waals surface area contributed by atoms with Crippen LogP contribution in [-0.4, -0.2) is 40.4 Å². The van der Waals surface area contributed by atoms with Crippen LogP contribution in [0, 0.1) is 4.78 Å². The van der Waals surface area contributed by atoms with E-state index in [2.05, 4.69) is 10.3 Å². The van der Waals surface area contributed by atoms with Gasteiger partial charge < -0.3 is 10.2 Å². The molecule has 2 N–H and O–H groups in total. The predicted molar refractivity (Wildman–Crippen MR) is 115 cm³/mol. The van der Waals surface area contributed by atoms with E-state index in [4.69, 9.17) is 16.4 Å². The van der Waals surface area contributed by atoms with E-state index in [1.807, 2.05) is 0 Å². The molecule has 1 atom stereocenters. The Bertz CT molecular complexity index is 1170. The molecule has 0 saturated carbocycles. The fourth-order valence-corrected chi connectivity index (χ4v) is 4.31. The molecule has 1 aromatic heterocycles. The minimum absolute atomic E-state index is 0.0279. The van der Waals surface area contributed by atoms with E-state index in [1.165, 1.54) is 23.2 Å². The Morgan fingerprint density at radius 1 is 1.24 bits per heavy atom. The molecule has 1 aliphatic heterocycles. The molecular weight excluding hydrogens is 491 g/mol. The third kappa shape index (κ3) is 6.11. The smallest absolute Gasteiger partial charge is 0.371 e. The minimum Gasteiger partial charge on any atom is -0.371 e. The van der Waals surface area contributed by atoms with Crippen LogP contribution in [0.25, 0.3) is 0 Å². The number of nitrogens with one attached hydrogen (secondary N) is 2. The van der Waals surface area contributed by atoms with Crippen molar-refractivity contribution in [1.82, 2.24) is 4.98 Å². The van der Waals surface area contributed by atoms with Crippen molar-refractivity contribution in [2.24, 2.45) is 0 Å². The van der Waals surface area contributed by atoms with Crippen LogP contribution in [0.3, 0.4) is 0 Å². The number of carbonyl (C=O) groups is 1. The predicted octanol–water partition coefficient (Wildman–Crippen LogP) is 5.67.